The van der Waals surface area contributed by atoms with Crippen molar-refractivity contribution in [3.05, 3.63) is 93.7 Å². The first kappa shape index (κ1) is 17.2. The van der Waals surface area contributed by atoms with Gasteiger partial charge in [-0.25, -0.2) is 4.98 Å². The SMILES string of the molecule is CC(=O)c1ccccc1-n1c(-c2ccccc2)nc2cc(Cl)ccc2c1=O. The first-order chi connectivity index (χ1) is 13.1. The summed E-state index contributed by atoms with van der Waals surface area (Å²) in [5, 5.41) is 0.952. The van der Waals surface area contributed by atoms with Crippen LogP contribution >= 0.6 is 11.6 Å². The molecule has 0 saturated carbocycles. The first-order valence-electron chi connectivity index (χ1n) is 8.44. The van der Waals surface area contributed by atoms with E-state index in [4.69, 9.17) is 16.6 Å². The molecule has 132 valence electrons. The standard InChI is InChI=1S/C22H15ClN2O2/c1-14(26)17-9-5-6-10-20(17)25-21(15-7-3-2-4-8-15)24-19-13-16(23)11-12-18(19)22(25)27/h2-13H,1H3. The molecule has 0 aliphatic rings. The van der Waals surface area contributed by atoms with Crippen molar-refractivity contribution in [1.29, 1.82) is 0 Å². The summed E-state index contributed by atoms with van der Waals surface area (Å²) in [5.41, 5.74) is 2.02. The lowest BCUT2D eigenvalue weighted by atomic mass is 10.1. The Labute approximate surface area is 160 Å². The average molecular weight is 375 g/mol. The molecule has 4 rings (SSSR count). The predicted octanol–water partition coefficient (Wildman–Crippen LogP) is 4.91. The van der Waals surface area contributed by atoms with Gasteiger partial charge in [0.25, 0.3) is 5.56 Å². The highest BCUT2D eigenvalue weighted by Gasteiger charge is 2.18. The van der Waals surface area contributed by atoms with Crippen LogP contribution in [0, 0.1) is 0 Å². The number of para-hydroxylation sites is 1. The van der Waals surface area contributed by atoms with Gasteiger partial charge < -0.3 is 0 Å². The fourth-order valence-electron chi connectivity index (χ4n) is 3.13. The summed E-state index contributed by atoms with van der Waals surface area (Å²) in [5.74, 6) is 0.344. The molecule has 0 fully saturated rings. The topological polar surface area (TPSA) is 52.0 Å². The van der Waals surface area contributed by atoms with Gasteiger partial charge in [0.2, 0.25) is 0 Å². The minimum absolute atomic E-state index is 0.118. The van der Waals surface area contributed by atoms with Gasteiger partial charge in [0.15, 0.2) is 5.78 Å². The van der Waals surface area contributed by atoms with Gasteiger partial charge in [-0.3, -0.25) is 14.2 Å². The lowest BCUT2D eigenvalue weighted by Crippen LogP contribution is -2.23. The van der Waals surface area contributed by atoms with E-state index >= 15 is 0 Å². The van der Waals surface area contributed by atoms with Crippen LogP contribution in [0.1, 0.15) is 17.3 Å². The Balaban J connectivity index is 2.17. The fourth-order valence-corrected chi connectivity index (χ4v) is 3.30. The van der Waals surface area contributed by atoms with Gasteiger partial charge in [0.1, 0.15) is 5.82 Å². The number of carbonyl (C=O) groups is 1. The van der Waals surface area contributed by atoms with Gasteiger partial charge in [0, 0.05) is 16.1 Å². The number of Topliss-reactive ketones (excluding diaryl/α,β-unsaturated/α-hetero) is 1. The van der Waals surface area contributed by atoms with E-state index in [9.17, 15) is 9.59 Å². The molecule has 4 aromatic rings. The van der Waals surface area contributed by atoms with E-state index in [0.29, 0.717) is 33.0 Å². The monoisotopic (exact) mass is 374 g/mol. The van der Waals surface area contributed by atoms with Gasteiger partial charge in [-0.2, -0.15) is 0 Å². The Bertz CT molecular complexity index is 1230. The number of fused-ring (bicyclic) bond motifs is 1. The summed E-state index contributed by atoms with van der Waals surface area (Å²) in [4.78, 5) is 30.2. The van der Waals surface area contributed by atoms with Crippen LogP contribution in [0.3, 0.4) is 0 Å². The maximum absolute atomic E-state index is 13.4. The molecule has 0 unspecified atom stereocenters. The molecule has 1 heterocycles. The molecule has 0 saturated heterocycles. The van der Waals surface area contributed by atoms with Crippen LogP contribution in [-0.2, 0) is 0 Å². The van der Waals surface area contributed by atoms with Crippen molar-refractivity contribution in [3.8, 4) is 17.1 Å². The summed E-state index contributed by atoms with van der Waals surface area (Å²) in [6, 6.07) is 21.5. The first-order valence-corrected chi connectivity index (χ1v) is 8.82. The lowest BCUT2D eigenvalue weighted by molar-refractivity contribution is 0.101. The largest absolute Gasteiger partial charge is 0.294 e. The van der Waals surface area contributed by atoms with E-state index in [1.807, 2.05) is 30.3 Å². The summed E-state index contributed by atoms with van der Waals surface area (Å²) < 4.78 is 1.50. The van der Waals surface area contributed by atoms with Crippen LogP contribution in [0.25, 0.3) is 28.0 Å². The van der Waals surface area contributed by atoms with E-state index < -0.39 is 0 Å². The number of halogens is 1. The minimum Gasteiger partial charge on any atom is -0.294 e. The van der Waals surface area contributed by atoms with Crippen LogP contribution in [0.4, 0.5) is 0 Å². The third kappa shape index (κ3) is 3.04. The molecule has 0 spiro atoms. The van der Waals surface area contributed by atoms with Crippen LogP contribution in [-0.4, -0.2) is 15.3 Å². The Kier molecular flexibility index (Phi) is 4.34. The zero-order valence-corrected chi connectivity index (χ0v) is 15.3. The maximum atomic E-state index is 13.4. The molecule has 5 heteroatoms. The highest BCUT2D eigenvalue weighted by molar-refractivity contribution is 6.31. The van der Waals surface area contributed by atoms with Crippen LogP contribution in [0.15, 0.2) is 77.6 Å². The highest BCUT2D eigenvalue weighted by Crippen LogP contribution is 2.25. The molecule has 1 aromatic heterocycles. The molecular formula is C22H15ClN2O2. The Hall–Kier alpha value is -3.24. The zero-order chi connectivity index (χ0) is 19.0. The smallest absolute Gasteiger partial charge is 0.266 e. The van der Waals surface area contributed by atoms with E-state index in [0.717, 1.165) is 5.56 Å². The van der Waals surface area contributed by atoms with Gasteiger partial charge in [-0.15, -0.1) is 0 Å². The number of carbonyl (C=O) groups excluding carboxylic acids is 1. The third-order valence-electron chi connectivity index (χ3n) is 4.39. The Morgan fingerprint density at radius 2 is 1.67 bits per heavy atom. The number of rotatable bonds is 3. The summed E-state index contributed by atoms with van der Waals surface area (Å²) in [7, 11) is 0. The molecule has 0 aliphatic carbocycles. The second-order valence-electron chi connectivity index (χ2n) is 6.18. The normalized spacial score (nSPS) is 10.9. The summed E-state index contributed by atoms with van der Waals surface area (Å²) in [6.07, 6.45) is 0. The van der Waals surface area contributed by atoms with E-state index in [1.54, 1.807) is 42.5 Å². The van der Waals surface area contributed by atoms with Crippen molar-refractivity contribution >= 4 is 28.3 Å². The molecule has 0 amide bonds. The molecule has 4 nitrogen and oxygen atoms in total. The van der Waals surface area contributed by atoms with Gasteiger partial charge in [-0.05, 0) is 37.3 Å². The maximum Gasteiger partial charge on any atom is 0.266 e. The number of ketones is 1. The lowest BCUT2D eigenvalue weighted by Gasteiger charge is -2.16. The molecule has 0 aliphatic heterocycles. The van der Waals surface area contributed by atoms with Crippen molar-refractivity contribution in [2.45, 2.75) is 6.92 Å². The molecule has 0 bridgehead atoms. The number of nitrogens with zero attached hydrogens (tertiary/aromatic N) is 2. The van der Waals surface area contributed by atoms with Crippen molar-refractivity contribution in [1.82, 2.24) is 9.55 Å². The van der Waals surface area contributed by atoms with Crippen LogP contribution in [0.5, 0.6) is 0 Å². The zero-order valence-electron chi connectivity index (χ0n) is 14.5. The summed E-state index contributed by atoms with van der Waals surface area (Å²) in [6.45, 7) is 1.49. The second kappa shape index (κ2) is 6.82. The molecule has 3 aromatic carbocycles. The van der Waals surface area contributed by atoms with Gasteiger partial charge in [0.05, 0.1) is 16.6 Å². The number of aromatic nitrogens is 2. The summed E-state index contributed by atoms with van der Waals surface area (Å²) >= 11 is 6.10. The van der Waals surface area contributed by atoms with Crippen molar-refractivity contribution in [3.63, 3.8) is 0 Å². The molecule has 27 heavy (non-hydrogen) atoms. The van der Waals surface area contributed by atoms with Gasteiger partial charge in [-0.1, -0.05) is 54.1 Å². The third-order valence-corrected chi connectivity index (χ3v) is 4.62. The second-order valence-corrected chi connectivity index (χ2v) is 6.61. The molecule has 0 atom stereocenters. The molecule has 0 N–H and O–H groups in total. The van der Waals surface area contributed by atoms with E-state index in [1.165, 1.54) is 11.5 Å². The van der Waals surface area contributed by atoms with Crippen LogP contribution < -0.4 is 5.56 Å². The average Bonchev–Trinajstić information content (AvgIpc) is 2.68. The fraction of sp³-hybridized carbons (Fsp3) is 0.0455. The van der Waals surface area contributed by atoms with Gasteiger partial charge >= 0.3 is 0 Å². The van der Waals surface area contributed by atoms with Crippen molar-refractivity contribution in [2.24, 2.45) is 0 Å². The minimum atomic E-state index is -0.246. The molecule has 0 radical (unpaired) electrons. The molecular weight excluding hydrogens is 360 g/mol. The number of benzene rings is 3. The number of hydrogen-bond acceptors (Lipinski definition) is 3. The Morgan fingerprint density at radius 1 is 0.963 bits per heavy atom. The number of hydrogen-bond donors (Lipinski definition) is 0. The van der Waals surface area contributed by atoms with Crippen molar-refractivity contribution in [2.75, 3.05) is 0 Å². The van der Waals surface area contributed by atoms with Crippen LogP contribution in [0.2, 0.25) is 5.02 Å². The van der Waals surface area contributed by atoms with E-state index in [2.05, 4.69) is 0 Å². The Morgan fingerprint density at radius 3 is 2.41 bits per heavy atom. The van der Waals surface area contributed by atoms with E-state index in [-0.39, 0.29) is 11.3 Å². The highest BCUT2D eigenvalue weighted by atomic mass is 35.5. The quantitative estimate of drug-likeness (QED) is 0.479. The van der Waals surface area contributed by atoms with Crippen molar-refractivity contribution < 1.29 is 4.79 Å². The predicted molar refractivity (Wildman–Crippen MR) is 108 cm³/mol.